The molecule has 1 rings (SSSR count). The van der Waals surface area contributed by atoms with E-state index in [1.54, 1.807) is 25.1 Å². The van der Waals surface area contributed by atoms with Gasteiger partial charge in [-0.05, 0) is 13.0 Å². The third-order valence-corrected chi connectivity index (χ3v) is 1.68. The average molecular weight is 199 g/mol. The summed E-state index contributed by atoms with van der Waals surface area (Å²) in [7, 11) is 0. The normalized spacial score (nSPS) is 11.2. The van der Waals surface area contributed by atoms with Crippen molar-refractivity contribution in [2.75, 3.05) is 0 Å². The molecule has 1 aromatic rings. The molecular formula is C9H11ClN2O. The van der Waals surface area contributed by atoms with E-state index in [4.69, 9.17) is 11.0 Å². The third kappa shape index (κ3) is 2.35. The van der Waals surface area contributed by atoms with Crippen molar-refractivity contribution < 1.29 is 5.11 Å². The zero-order valence-electron chi connectivity index (χ0n) is 7.19. The molecule has 0 bridgehead atoms. The lowest BCUT2D eigenvalue weighted by Gasteiger charge is -2.08. The van der Waals surface area contributed by atoms with E-state index in [2.05, 4.69) is 0 Å². The number of para-hydroxylation sites is 1. The highest BCUT2D eigenvalue weighted by atomic mass is 35.5. The number of nitrogens with two attached hydrogens (primary N) is 1. The molecule has 1 aromatic carbocycles. The molecule has 0 aliphatic heterocycles. The van der Waals surface area contributed by atoms with Crippen molar-refractivity contribution in [1.29, 1.82) is 5.26 Å². The van der Waals surface area contributed by atoms with E-state index in [9.17, 15) is 5.11 Å². The van der Waals surface area contributed by atoms with Crippen molar-refractivity contribution >= 4 is 12.4 Å². The molecule has 0 fully saturated rings. The molecule has 0 spiro atoms. The second-order valence-corrected chi connectivity index (χ2v) is 2.64. The van der Waals surface area contributed by atoms with Gasteiger partial charge in [-0.25, -0.2) is 0 Å². The summed E-state index contributed by atoms with van der Waals surface area (Å²) in [5.74, 6) is -0.00463. The van der Waals surface area contributed by atoms with Gasteiger partial charge in [-0.15, -0.1) is 12.4 Å². The van der Waals surface area contributed by atoms with E-state index in [1.807, 2.05) is 6.07 Å². The van der Waals surface area contributed by atoms with Gasteiger partial charge in [0.2, 0.25) is 0 Å². The summed E-state index contributed by atoms with van der Waals surface area (Å²) in [5.41, 5.74) is 6.44. The molecule has 1 atom stereocenters. The number of benzene rings is 1. The Hall–Kier alpha value is -1.24. The lowest BCUT2D eigenvalue weighted by molar-refractivity contribution is 0.462. The minimum atomic E-state index is -0.252. The lowest BCUT2D eigenvalue weighted by atomic mass is 10.0. The highest BCUT2D eigenvalue weighted by molar-refractivity contribution is 5.85. The van der Waals surface area contributed by atoms with Gasteiger partial charge in [0, 0.05) is 11.6 Å². The fourth-order valence-corrected chi connectivity index (χ4v) is 1.02. The number of nitrogens with zero attached hydrogens (tertiary/aromatic N) is 1. The second-order valence-electron chi connectivity index (χ2n) is 2.64. The quantitative estimate of drug-likeness (QED) is 0.722. The molecule has 13 heavy (non-hydrogen) atoms. The van der Waals surface area contributed by atoms with Crippen LogP contribution in [0, 0.1) is 11.3 Å². The van der Waals surface area contributed by atoms with Gasteiger partial charge < -0.3 is 10.8 Å². The van der Waals surface area contributed by atoms with Gasteiger partial charge in [-0.1, -0.05) is 12.1 Å². The maximum atomic E-state index is 9.46. The smallest absolute Gasteiger partial charge is 0.138 e. The van der Waals surface area contributed by atoms with Gasteiger partial charge in [-0.2, -0.15) is 5.26 Å². The minimum Gasteiger partial charge on any atom is -0.506 e. The van der Waals surface area contributed by atoms with E-state index in [1.165, 1.54) is 0 Å². The Balaban J connectivity index is 0.00000144. The van der Waals surface area contributed by atoms with E-state index < -0.39 is 0 Å². The van der Waals surface area contributed by atoms with Gasteiger partial charge in [0.25, 0.3) is 0 Å². The van der Waals surface area contributed by atoms with Crippen LogP contribution in [-0.4, -0.2) is 5.11 Å². The van der Waals surface area contributed by atoms with E-state index in [0.717, 1.165) is 0 Å². The number of halogens is 1. The topological polar surface area (TPSA) is 70.0 Å². The van der Waals surface area contributed by atoms with Crippen LogP contribution in [0.2, 0.25) is 0 Å². The number of phenolic OH excluding ortho intramolecular Hbond substituents is 1. The number of rotatable bonds is 1. The Morgan fingerprint density at radius 1 is 1.54 bits per heavy atom. The Morgan fingerprint density at radius 2 is 2.15 bits per heavy atom. The summed E-state index contributed by atoms with van der Waals surface area (Å²) in [4.78, 5) is 0. The molecule has 70 valence electrons. The van der Waals surface area contributed by atoms with Gasteiger partial charge in [0.15, 0.2) is 0 Å². The Morgan fingerprint density at radius 3 is 2.62 bits per heavy atom. The lowest BCUT2D eigenvalue weighted by Crippen LogP contribution is -2.05. The molecule has 3 N–H and O–H groups in total. The summed E-state index contributed by atoms with van der Waals surface area (Å²) in [6.45, 7) is 1.76. The zero-order chi connectivity index (χ0) is 9.14. The Kier molecular flexibility index (Phi) is 4.26. The SMILES string of the molecule is C[C@H](N)c1cccc(C#N)c1O.Cl. The molecule has 0 aliphatic rings. The maximum Gasteiger partial charge on any atom is 0.138 e. The van der Waals surface area contributed by atoms with Crippen molar-refractivity contribution in [3.05, 3.63) is 29.3 Å². The summed E-state index contributed by atoms with van der Waals surface area (Å²) >= 11 is 0. The highest BCUT2D eigenvalue weighted by Gasteiger charge is 2.08. The molecule has 4 heteroatoms. The van der Waals surface area contributed by atoms with Gasteiger partial charge >= 0.3 is 0 Å². The molecule has 0 saturated carbocycles. The molecule has 0 amide bonds. The summed E-state index contributed by atoms with van der Waals surface area (Å²) in [6, 6.07) is 6.60. The van der Waals surface area contributed by atoms with Crippen LogP contribution in [0.15, 0.2) is 18.2 Å². The van der Waals surface area contributed by atoms with Crippen LogP contribution >= 0.6 is 12.4 Å². The van der Waals surface area contributed by atoms with Crippen LogP contribution in [0.3, 0.4) is 0 Å². The number of aromatic hydroxyl groups is 1. The van der Waals surface area contributed by atoms with E-state index in [0.29, 0.717) is 5.56 Å². The van der Waals surface area contributed by atoms with Crippen LogP contribution in [-0.2, 0) is 0 Å². The predicted molar refractivity (Wildman–Crippen MR) is 52.7 cm³/mol. The van der Waals surface area contributed by atoms with Crippen LogP contribution < -0.4 is 5.73 Å². The fourth-order valence-electron chi connectivity index (χ4n) is 1.02. The minimum absolute atomic E-state index is 0. The molecule has 3 nitrogen and oxygen atoms in total. The third-order valence-electron chi connectivity index (χ3n) is 1.68. The van der Waals surface area contributed by atoms with Crippen molar-refractivity contribution in [3.8, 4) is 11.8 Å². The molecule has 0 unspecified atom stereocenters. The Labute approximate surface area is 83.2 Å². The fraction of sp³-hybridized carbons (Fsp3) is 0.222. The standard InChI is InChI=1S/C9H10N2O.ClH/c1-6(11)8-4-2-3-7(5-10)9(8)12;/h2-4,6,12H,11H2,1H3;1H/t6-;/m0./s1. The average Bonchev–Trinajstić information content (AvgIpc) is 2.04. The second kappa shape index (κ2) is 4.70. The first-order chi connectivity index (χ1) is 5.66. The molecule has 0 aliphatic carbocycles. The van der Waals surface area contributed by atoms with Crippen LogP contribution in [0.1, 0.15) is 24.1 Å². The monoisotopic (exact) mass is 198 g/mol. The molecule has 0 saturated heterocycles. The summed E-state index contributed by atoms with van der Waals surface area (Å²) in [5, 5.41) is 18.0. The van der Waals surface area contributed by atoms with E-state index >= 15 is 0 Å². The van der Waals surface area contributed by atoms with Crippen LogP contribution in [0.4, 0.5) is 0 Å². The number of hydrogen-bond donors (Lipinski definition) is 2. The summed E-state index contributed by atoms with van der Waals surface area (Å²) in [6.07, 6.45) is 0. The largest absolute Gasteiger partial charge is 0.506 e. The first-order valence-electron chi connectivity index (χ1n) is 3.64. The summed E-state index contributed by atoms with van der Waals surface area (Å²) < 4.78 is 0. The van der Waals surface area contributed by atoms with Crippen molar-refractivity contribution in [2.45, 2.75) is 13.0 Å². The van der Waals surface area contributed by atoms with Crippen molar-refractivity contribution in [1.82, 2.24) is 0 Å². The van der Waals surface area contributed by atoms with Crippen molar-refractivity contribution in [3.63, 3.8) is 0 Å². The number of phenols is 1. The molecule has 0 radical (unpaired) electrons. The molecule has 0 heterocycles. The highest BCUT2D eigenvalue weighted by Crippen LogP contribution is 2.25. The number of hydrogen-bond acceptors (Lipinski definition) is 3. The van der Waals surface area contributed by atoms with Gasteiger partial charge in [0.05, 0.1) is 5.56 Å². The first kappa shape index (κ1) is 11.8. The molecule has 0 aromatic heterocycles. The van der Waals surface area contributed by atoms with Crippen molar-refractivity contribution in [2.24, 2.45) is 5.73 Å². The Bertz CT molecular complexity index is 331. The molecular weight excluding hydrogens is 188 g/mol. The maximum absolute atomic E-state index is 9.46. The number of nitriles is 1. The van der Waals surface area contributed by atoms with E-state index in [-0.39, 0.29) is 29.8 Å². The van der Waals surface area contributed by atoms with Gasteiger partial charge in [0.1, 0.15) is 11.8 Å². The van der Waals surface area contributed by atoms with Crippen LogP contribution in [0.5, 0.6) is 5.75 Å². The zero-order valence-corrected chi connectivity index (χ0v) is 8.01. The predicted octanol–water partition coefficient (Wildman–Crippen LogP) is 1.71. The first-order valence-corrected chi connectivity index (χ1v) is 3.64. The van der Waals surface area contributed by atoms with Gasteiger partial charge in [-0.3, -0.25) is 0 Å². The van der Waals surface area contributed by atoms with Crippen LogP contribution in [0.25, 0.3) is 0 Å².